The van der Waals surface area contributed by atoms with Crippen molar-refractivity contribution in [2.45, 2.75) is 38.3 Å². The van der Waals surface area contributed by atoms with Crippen molar-refractivity contribution in [3.63, 3.8) is 0 Å². The minimum Gasteiger partial charge on any atom is -0.348 e. The molecule has 26 heavy (non-hydrogen) atoms. The molecule has 3 heterocycles. The smallest absolute Gasteiger partial charge is 0.212 e. The Morgan fingerprint density at radius 1 is 1.19 bits per heavy atom. The zero-order valence-corrected chi connectivity index (χ0v) is 16.2. The number of imidazole rings is 1. The lowest BCUT2D eigenvalue weighted by Gasteiger charge is -2.49. The van der Waals surface area contributed by atoms with Crippen LogP contribution in [-0.2, 0) is 28.5 Å². The van der Waals surface area contributed by atoms with Gasteiger partial charge in [-0.25, -0.2) is 13.4 Å². The van der Waals surface area contributed by atoms with Gasteiger partial charge in [-0.2, -0.15) is 4.31 Å². The molecule has 1 N–H and O–H groups in total. The van der Waals surface area contributed by atoms with Gasteiger partial charge in [0.15, 0.2) is 0 Å². The lowest BCUT2D eigenvalue weighted by atomic mass is 9.80. The van der Waals surface area contributed by atoms with Crippen LogP contribution in [0.4, 0.5) is 0 Å². The largest absolute Gasteiger partial charge is 0.348 e. The molecule has 0 aliphatic carbocycles. The predicted octanol–water partition coefficient (Wildman–Crippen LogP) is 2.03. The van der Waals surface area contributed by atoms with E-state index in [2.05, 4.69) is 46.1 Å². The summed E-state index contributed by atoms with van der Waals surface area (Å²) in [5.74, 6) is 0. The zero-order chi connectivity index (χ0) is 18.4. The average molecular weight is 375 g/mol. The molecule has 0 saturated carbocycles. The highest BCUT2D eigenvalue weighted by Gasteiger charge is 2.50. The number of benzene rings is 1. The van der Waals surface area contributed by atoms with Crippen LogP contribution in [0.25, 0.3) is 0 Å². The van der Waals surface area contributed by atoms with E-state index in [1.807, 2.05) is 0 Å². The molecule has 6 nitrogen and oxygen atoms in total. The third kappa shape index (κ3) is 2.98. The maximum atomic E-state index is 12.5. The number of aryl methyl sites for hydroxylation is 1. The first-order chi connectivity index (χ1) is 12.4. The fraction of sp³-hybridized carbons (Fsp3) is 0.526. The van der Waals surface area contributed by atoms with Crippen LogP contribution in [0.5, 0.6) is 0 Å². The predicted molar refractivity (Wildman–Crippen MR) is 101 cm³/mol. The molecule has 1 fully saturated rings. The molecule has 0 bridgehead atoms. The highest BCUT2D eigenvalue weighted by molar-refractivity contribution is 7.88. The summed E-state index contributed by atoms with van der Waals surface area (Å²) in [6, 6.07) is 8.46. The van der Waals surface area contributed by atoms with Gasteiger partial charge in [0.1, 0.15) is 0 Å². The summed E-state index contributed by atoms with van der Waals surface area (Å²) in [6.07, 6.45) is 5.30. The minimum atomic E-state index is -3.28. The highest BCUT2D eigenvalue weighted by Crippen LogP contribution is 2.43. The lowest BCUT2D eigenvalue weighted by molar-refractivity contribution is 0.0604. The van der Waals surface area contributed by atoms with Crippen molar-refractivity contribution in [3.8, 4) is 0 Å². The van der Waals surface area contributed by atoms with Crippen molar-refractivity contribution >= 4 is 10.0 Å². The van der Waals surface area contributed by atoms with Gasteiger partial charge in [-0.1, -0.05) is 24.3 Å². The maximum absolute atomic E-state index is 12.5. The summed E-state index contributed by atoms with van der Waals surface area (Å²) in [5.41, 5.74) is 4.18. The van der Waals surface area contributed by atoms with E-state index < -0.39 is 15.6 Å². The van der Waals surface area contributed by atoms with Crippen molar-refractivity contribution in [2.24, 2.45) is 0 Å². The Balaban J connectivity index is 1.59. The van der Waals surface area contributed by atoms with Crippen molar-refractivity contribution in [1.29, 1.82) is 0 Å². The molecule has 2 aliphatic heterocycles. The molecule has 7 heteroatoms. The van der Waals surface area contributed by atoms with Gasteiger partial charge in [-0.3, -0.25) is 4.90 Å². The number of H-pyrrole nitrogens is 1. The number of piperidine rings is 1. The molecule has 4 rings (SSSR count). The molecule has 140 valence electrons. The summed E-state index contributed by atoms with van der Waals surface area (Å²) < 4.78 is 26.7. The van der Waals surface area contributed by atoms with Crippen LogP contribution in [0.2, 0.25) is 0 Å². The van der Waals surface area contributed by atoms with Crippen LogP contribution < -0.4 is 0 Å². The first-order valence-corrected chi connectivity index (χ1v) is 11.0. The number of rotatable bonds is 3. The van der Waals surface area contributed by atoms with Gasteiger partial charge in [-0.15, -0.1) is 0 Å². The first-order valence-electron chi connectivity index (χ1n) is 9.17. The summed E-state index contributed by atoms with van der Waals surface area (Å²) in [7, 11) is -3.28. The molecule has 0 radical (unpaired) electrons. The Bertz CT molecular complexity index is 898. The third-order valence-electron chi connectivity index (χ3n) is 5.94. The van der Waals surface area contributed by atoms with E-state index in [-0.39, 0.29) is 0 Å². The van der Waals surface area contributed by atoms with Crippen LogP contribution in [0, 0.1) is 6.92 Å². The molecular weight excluding hydrogens is 348 g/mol. The number of aromatic nitrogens is 2. The molecule has 1 aromatic heterocycles. The maximum Gasteiger partial charge on any atom is 0.212 e. The van der Waals surface area contributed by atoms with Crippen molar-refractivity contribution in [1.82, 2.24) is 19.2 Å². The molecule has 0 atom stereocenters. The Labute approximate surface area is 155 Å². The van der Waals surface area contributed by atoms with E-state index in [0.29, 0.717) is 13.0 Å². The van der Waals surface area contributed by atoms with E-state index in [9.17, 15) is 8.42 Å². The van der Waals surface area contributed by atoms with Crippen molar-refractivity contribution in [3.05, 3.63) is 53.1 Å². The van der Waals surface area contributed by atoms with Crippen LogP contribution in [0.3, 0.4) is 0 Å². The summed E-state index contributed by atoms with van der Waals surface area (Å²) in [5, 5.41) is 0. The van der Waals surface area contributed by atoms with E-state index in [0.717, 1.165) is 43.9 Å². The number of hydrogen-bond acceptors (Lipinski definition) is 4. The molecule has 1 saturated heterocycles. The molecule has 2 aliphatic rings. The van der Waals surface area contributed by atoms with E-state index in [1.54, 1.807) is 10.6 Å². The van der Waals surface area contributed by atoms with Crippen LogP contribution in [0.1, 0.15) is 35.4 Å². The van der Waals surface area contributed by atoms with Crippen LogP contribution >= 0.6 is 0 Å². The number of aromatic amines is 1. The number of likely N-dealkylation sites (tertiary alicyclic amines) is 1. The molecule has 0 amide bonds. The van der Waals surface area contributed by atoms with Gasteiger partial charge >= 0.3 is 0 Å². The SMILES string of the molecule is Cc1ccccc1CN1CCC2(CC1)c1nc[nH]c1CCN2S(C)(=O)=O. The van der Waals surface area contributed by atoms with Gasteiger partial charge in [0.2, 0.25) is 10.0 Å². The number of hydrogen-bond donors (Lipinski definition) is 1. The van der Waals surface area contributed by atoms with Crippen LogP contribution in [0.15, 0.2) is 30.6 Å². The van der Waals surface area contributed by atoms with Crippen molar-refractivity contribution in [2.75, 3.05) is 25.9 Å². The molecule has 1 spiro atoms. The fourth-order valence-electron chi connectivity index (χ4n) is 4.54. The van der Waals surface area contributed by atoms with E-state index in [4.69, 9.17) is 0 Å². The van der Waals surface area contributed by atoms with Gasteiger partial charge < -0.3 is 4.98 Å². The number of nitrogens with zero attached hydrogens (tertiary/aromatic N) is 3. The standard InChI is InChI=1S/C19H26N4O2S/c1-15-5-3-4-6-16(15)13-22-11-8-19(9-12-22)18-17(20-14-21-18)7-10-23(19)26(2,24)25/h3-6,14H,7-13H2,1-2H3,(H,20,21). The second-order valence-corrected chi connectivity index (χ2v) is 9.46. The van der Waals surface area contributed by atoms with Crippen LogP contribution in [-0.4, -0.2) is 53.5 Å². The zero-order valence-electron chi connectivity index (χ0n) is 15.4. The minimum absolute atomic E-state index is 0.497. The average Bonchev–Trinajstić information content (AvgIpc) is 3.08. The summed E-state index contributed by atoms with van der Waals surface area (Å²) in [4.78, 5) is 10.2. The Hall–Kier alpha value is -1.70. The number of sulfonamides is 1. The third-order valence-corrected chi connectivity index (χ3v) is 7.27. The number of fused-ring (bicyclic) bond motifs is 2. The first kappa shape index (κ1) is 17.7. The monoisotopic (exact) mass is 374 g/mol. The second kappa shape index (κ2) is 6.48. The molecule has 0 unspecified atom stereocenters. The lowest BCUT2D eigenvalue weighted by Crippen LogP contribution is -2.57. The van der Waals surface area contributed by atoms with Gasteiger partial charge in [-0.05, 0) is 30.9 Å². The Morgan fingerprint density at radius 3 is 2.62 bits per heavy atom. The van der Waals surface area contributed by atoms with E-state index in [1.165, 1.54) is 17.4 Å². The fourth-order valence-corrected chi connectivity index (χ4v) is 5.86. The van der Waals surface area contributed by atoms with Gasteiger partial charge in [0.25, 0.3) is 0 Å². The van der Waals surface area contributed by atoms with Gasteiger partial charge in [0, 0.05) is 38.3 Å². The highest BCUT2D eigenvalue weighted by atomic mass is 32.2. The quantitative estimate of drug-likeness (QED) is 0.892. The summed E-state index contributed by atoms with van der Waals surface area (Å²) in [6.45, 7) is 5.32. The normalized spacial score (nSPS) is 21.0. The second-order valence-electron chi connectivity index (χ2n) is 7.55. The topological polar surface area (TPSA) is 69.3 Å². The molecule has 1 aromatic carbocycles. The van der Waals surface area contributed by atoms with Crippen molar-refractivity contribution < 1.29 is 8.42 Å². The molecular formula is C19H26N4O2S. The van der Waals surface area contributed by atoms with Gasteiger partial charge in [0.05, 0.1) is 23.8 Å². The van der Waals surface area contributed by atoms with E-state index >= 15 is 0 Å². The Kier molecular flexibility index (Phi) is 4.41. The Morgan fingerprint density at radius 2 is 1.92 bits per heavy atom. The summed E-state index contributed by atoms with van der Waals surface area (Å²) >= 11 is 0. The molecule has 2 aromatic rings. The number of nitrogens with one attached hydrogen (secondary N) is 1.